The monoisotopic (exact) mass is 369 g/mol. The fourth-order valence-corrected chi connectivity index (χ4v) is 2.54. The summed E-state index contributed by atoms with van der Waals surface area (Å²) in [6.07, 6.45) is 0. The molecular weight excluding hydrogens is 362 g/mol. The zero-order chi connectivity index (χ0) is 15.6. The molecule has 0 atom stereocenters. The first-order valence-electron chi connectivity index (χ1n) is 5.71. The third-order valence-electron chi connectivity index (χ3n) is 2.66. The number of hydrogen-bond acceptors (Lipinski definition) is 3. The number of phenols is 1. The molecule has 0 aliphatic rings. The Kier molecular flexibility index (Phi) is 4.50. The van der Waals surface area contributed by atoms with Crippen molar-refractivity contribution in [2.45, 2.75) is 0 Å². The van der Waals surface area contributed by atoms with E-state index in [4.69, 9.17) is 16.7 Å². The zero-order valence-electron chi connectivity index (χ0n) is 10.4. The van der Waals surface area contributed by atoms with Crippen molar-refractivity contribution < 1.29 is 19.8 Å². The number of carboxylic acids is 1. The van der Waals surface area contributed by atoms with Crippen LogP contribution in [0.2, 0.25) is 5.02 Å². The minimum Gasteiger partial charge on any atom is -0.508 e. The molecule has 0 radical (unpaired) electrons. The van der Waals surface area contributed by atoms with E-state index in [1.54, 1.807) is 12.1 Å². The Bertz CT molecular complexity index is 733. The van der Waals surface area contributed by atoms with Gasteiger partial charge < -0.3 is 15.5 Å². The number of aromatic hydroxyl groups is 1. The second-order valence-corrected chi connectivity index (χ2v) is 5.40. The molecule has 2 aromatic carbocycles. The summed E-state index contributed by atoms with van der Waals surface area (Å²) in [5.74, 6) is -1.94. The van der Waals surface area contributed by atoms with Crippen LogP contribution in [0.5, 0.6) is 5.75 Å². The Morgan fingerprint density at radius 1 is 1.10 bits per heavy atom. The number of carboxylic acid groups (broad SMARTS) is 1. The number of rotatable bonds is 3. The lowest BCUT2D eigenvalue weighted by atomic mass is 10.1. The van der Waals surface area contributed by atoms with Gasteiger partial charge in [0.1, 0.15) is 5.75 Å². The molecule has 0 bridgehead atoms. The van der Waals surface area contributed by atoms with Crippen LogP contribution in [-0.2, 0) is 0 Å². The number of carbonyl (C=O) groups excluding carboxylic acids is 1. The van der Waals surface area contributed by atoms with E-state index in [0.717, 1.165) is 6.07 Å². The Hall–Kier alpha value is -2.05. The maximum atomic E-state index is 12.2. The van der Waals surface area contributed by atoms with Crippen molar-refractivity contribution in [2.75, 3.05) is 5.32 Å². The van der Waals surface area contributed by atoms with E-state index >= 15 is 0 Å². The Labute approximate surface area is 133 Å². The lowest BCUT2D eigenvalue weighted by Gasteiger charge is -2.10. The predicted molar refractivity (Wildman–Crippen MR) is 82.2 cm³/mol. The van der Waals surface area contributed by atoms with E-state index in [9.17, 15) is 14.7 Å². The second-order valence-electron chi connectivity index (χ2n) is 4.11. The van der Waals surface area contributed by atoms with Crippen LogP contribution in [0.4, 0.5) is 5.69 Å². The molecule has 3 N–H and O–H groups in total. The van der Waals surface area contributed by atoms with E-state index in [2.05, 4.69) is 21.2 Å². The highest BCUT2D eigenvalue weighted by atomic mass is 79.9. The van der Waals surface area contributed by atoms with Gasteiger partial charge in [-0.1, -0.05) is 11.6 Å². The van der Waals surface area contributed by atoms with E-state index < -0.39 is 11.9 Å². The number of nitrogens with one attached hydrogen (secondary N) is 1. The van der Waals surface area contributed by atoms with Crippen molar-refractivity contribution in [2.24, 2.45) is 0 Å². The average molecular weight is 371 g/mol. The lowest BCUT2D eigenvalue weighted by molar-refractivity contribution is 0.0697. The number of aromatic carboxylic acids is 1. The van der Waals surface area contributed by atoms with Gasteiger partial charge in [0, 0.05) is 9.50 Å². The van der Waals surface area contributed by atoms with Gasteiger partial charge in [0.05, 0.1) is 16.8 Å². The molecule has 0 aliphatic heterocycles. The average Bonchev–Trinajstić information content (AvgIpc) is 2.40. The zero-order valence-corrected chi connectivity index (χ0v) is 12.8. The maximum absolute atomic E-state index is 12.2. The molecule has 0 heterocycles. The normalized spacial score (nSPS) is 10.2. The molecule has 21 heavy (non-hydrogen) atoms. The van der Waals surface area contributed by atoms with E-state index in [1.807, 2.05) is 0 Å². The van der Waals surface area contributed by atoms with E-state index in [-0.39, 0.29) is 17.0 Å². The molecular formula is C14H9BrClNO4. The summed E-state index contributed by atoms with van der Waals surface area (Å²) in [7, 11) is 0. The Morgan fingerprint density at radius 2 is 1.81 bits per heavy atom. The van der Waals surface area contributed by atoms with Crippen molar-refractivity contribution >= 4 is 45.1 Å². The molecule has 0 spiro atoms. The number of phenolic OH excluding ortho intramolecular Hbond substituents is 1. The summed E-state index contributed by atoms with van der Waals surface area (Å²) in [4.78, 5) is 23.3. The van der Waals surface area contributed by atoms with Crippen molar-refractivity contribution in [3.63, 3.8) is 0 Å². The lowest BCUT2D eigenvalue weighted by Crippen LogP contribution is -2.15. The minimum absolute atomic E-state index is 0.0900. The van der Waals surface area contributed by atoms with Crippen LogP contribution in [0.15, 0.2) is 40.9 Å². The molecule has 1 amide bonds. The predicted octanol–water partition coefficient (Wildman–Crippen LogP) is 3.76. The van der Waals surface area contributed by atoms with Gasteiger partial charge in [0.2, 0.25) is 0 Å². The van der Waals surface area contributed by atoms with Gasteiger partial charge >= 0.3 is 5.97 Å². The first-order valence-corrected chi connectivity index (χ1v) is 6.88. The van der Waals surface area contributed by atoms with Gasteiger partial charge in [0.25, 0.3) is 5.91 Å². The van der Waals surface area contributed by atoms with Crippen molar-refractivity contribution in [1.29, 1.82) is 0 Å². The standard InChI is InChI=1S/C14H9BrClNO4/c15-11-5-7(16)1-3-9(11)13(19)17-12-4-2-8(18)6-10(12)14(20)21/h1-6,18H,(H,17,19)(H,20,21). The van der Waals surface area contributed by atoms with Gasteiger partial charge in [-0.25, -0.2) is 4.79 Å². The van der Waals surface area contributed by atoms with E-state index in [1.165, 1.54) is 18.2 Å². The van der Waals surface area contributed by atoms with Crippen LogP contribution in [0.1, 0.15) is 20.7 Å². The smallest absolute Gasteiger partial charge is 0.337 e. The van der Waals surface area contributed by atoms with Gasteiger partial charge in [0.15, 0.2) is 0 Å². The summed E-state index contributed by atoms with van der Waals surface area (Å²) in [5, 5.41) is 21.3. The van der Waals surface area contributed by atoms with Crippen LogP contribution in [0.3, 0.4) is 0 Å². The third-order valence-corrected chi connectivity index (χ3v) is 3.55. The van der Waals surface area contributed by atoms with Crippen molar-refractivity contribution in [3.8, 4) is 5.75 Å². The van der Waals surface area contributed by atoms with Crippen LogP contribution in [-0.4, -0.2) is 22.1 Å². The van der Waals surface area contributed by atoms with Crippen LogP contribution in [0, 0.1) is 0 Å². The number of halogens is 2. The van der Waals surface area contributed by atoms with Crippen molar-refractivity contribution in [1.82, 2.24) is 0 Å². The summed E-state index contributed by atoms with van der Waals surface area (Å²) >= 11 is 9.02. The molecule has 7 heteroatoms. The number of carbonyl (C=O) groups is 2. The molecule has 0 aliphatic carbocycles. The summed E-state index contributed by atoms with van der Waals surface area (Å²) in [6.45, 7) is 0. The molecule has 0 fully saturated rings. The number of anilines is 1. The quantitative estimate of drug-likeness (QED) is 0.718. The van der Waals surface area contributed by atoms with Crippen LogP contribution < -0.4 is 5.32 Å². The van der Waals surface area contributed by atoms with Gasteiger partial charge in [-0.3, -0.25) is 4.79 Å². The number of amides is 1. The van der Waals surface area contributed by atoms with Gasteiger partial charge in [-0.15, -0.1) is 0 Å². The highest BCUT2D eigenvalue weighted by Gasteiger charge is 2.16. The molecule has 108 valence electrons. The fourth-order valence-electron chi connectivity index (χ4n) is 1.68. The Balaban J connectivity index is 2.34. The molecule has 0 saturated heterocycles. The van der Waals surface area contributed by atoms with Crippen LogP contribution in [0.25, 0.3) is 0 Å². The largest absolute Gasteiger partial charge is 0.508 e. The third kappa shape index (κ3) is 3.53. The molecule has 2 rings (SSSR count). The highest BCUT2D eigenvalue weighted by Crippen LogP contribution is 2.25. The first kappa shape index (κ1) is 15.3. The fraction of sp³-hybridized carbons (Fsp3) is 0. The maximum Gasteiger partial charge on any atom is 0.337 e. The molecule has 5 nitrogen and oxygen atoms in total. The van der Waals surface area contributed by atoms with E-state index in [0.29, 0.717) is 15.1 Å². The van der Waals surface area contributed by atoms with Gasteiger partial charge in [-0.2, -0.15) is 0 Å². The van der Waals surface area contributed by atoms with Crippen LogP contribution >= 0.6 is 27.5 Å². The molecule has 0 saturated carbocycles. The summed E-state index contributed by atoms with van der Waals surface area (Å²) < 4.78 is 0.489. The summed E-state index contributed by atoms with van der Waals surface area (Å²) in [5.41, 5.74) is 0.199. The number of hydrogen-bond donors (Lipinski definition) is 3. The topological polar surface area (TPSA) is 86.6 Å². The molecule has 2 aromatic rings. The second kappa shape index (κ2) is 6.15. The van der Waals surface area contributed by atoms with Gasteiger partial charge in [-0.05, 0) is 52.3 Å². The molecule has 0 unspecified atom stereocenters. The Morgan fingerprint density at radius 3 is 2.43 bits per heavy atom. The minimum atomic E-state index is -1.25. The highest BCUT2D eigenvalue weighted by molar-refractivity contribution is 9.10. The first-order chi connectivity index (χ1) is 9.88. The summed E-state index contributed by atoms with van der Waals surface area (Å²) in [6, 6.07) is 8.30. The molecule has 0 aromatic heterocycles. The van der Waals surface area contributed by atoms with Crippen molar-refractivity contribution in [3.05, 3.63) is 57.0 Å². The number of benzene rings is 2. The SMILES string of the molecule is O=C(Nc1ccc(O)cc1C(=O)O)c1ccc(Cl)cc1Br.